The van der Waals surface area contributed by atoms with Gasteiger partial charge in [-0.3, -0.25) is 4.90 Å². The summed E-state index contributed by atoms with van der Waals surface area (Å²) < 4.78 is 11.4. The Balaban J connectivity index is 1.23. The lowest BCUT2D eigenvalue weighted by Gasteiger charge is -2.37. The van der Waals surface area contributed by atoms with E-state index in [-0.39, 0.29) is 0 Å². The van der Waals surface area contributed by atoms with Crippen molar-refractivity contribution in [2.45, 2.75) is 23.8 Å². The van der Waals surface area contributed by atoms with Crippen LogP contribution in [0.5, 0.6) is 11.5 Å². The minimum absolute atomic E-state index is 0.332. The van der Waals surface area contributed by atoms with E-state index in [0.29, 0.717) is 13.2 Å². The molecule has 0 aromatic heterocycles. The van der Waals surface area contributed by atoms with Crippen LogP contribution in [0, 0.1) is 0 Å². The smallest absolute Gasteiger partial charge is 0.142 e. The molecule has 0 aliphatic carbocycles. The average molecular weight is 415 g/mol. The van der Waals surface area contributed by atoms with Gasteiger partial charge in [0, 0.05) is 37.6 Å². The van der Waals surface area contributed by atoms with Crippen molar-refractivity contribution in [1.29, 1.82) is 0 Å². The lowest BCUT2D eigenvalue weighted by atomic mass is 10.1. The third kappa shape index (κ3) is 5.18. The zero-order valence-corrected chi connectivity index (χ0v) is 17.9. The Bertz CT molecular complexity index is 808. The number of benzene rings is 2. The van der Waals surface area contributed by atoms with Crippen LogP contribution in [0.4, 0.5) is 5.69 Å². The van der Waals surface area contributed by atoms with E-state index in [1.54, 1.807) is 7.11 Å². The topological polar surface area (TPSA) is 45.2 Å². The van der Waals surface area contributed by atoms with Gasteiger partial charge in [-0.15, -0.1) is 11.8 Å². The number of aryl methyl sites for hydroxylation is 1. The number of hydrogen-bond acceptors (Lipinski definition) is 6. The van der Waals surface area contributed by atoms with Gasteiger partial charge < -0.3 is 19.5 Å². The minimum atomic E-state index is -0.488. The molecule has 4 rings (SSSR count). The normalized spacial score (nSPS) is 18.2. The van der Waals surface area contributed by atoms with Crippen LogP contribution in [0.1, 0.15) is 12.0 Å². The molecular weight excluding hydrogens is 384 g/mol. The van der Waals surface area contributed by atoms with Crippen LogP contribution in [-0.2, 0) is 6.42 Å². The van der Waals surface area contributed by atoms with Crippen molar-refractivity contribution >= 4 is 17.4 Å². The third-order valence-electron chi connectivity index (χ3n) is 5.59. The number of ether oxygens (including phenoxy) is 2. The first-order valence-corrected chi connectivity index (χ1v) is 11.4. The van der Waals surface area contributed by atoms with E-state index in [0.717, 1.165) is 49.8 Å². The van der Waals surface area contributed by atoms with Crippen molar-refractivity contribution in [3.05, 3.63) is 48.0 Å². The SMILES string of the molecule is COc1ccccc1N1CCN(CC(O)COc2ccc3c(c2)CCCS3)CC1. The van der Waals surface area contributed by atoms with Gasteiger partial charge >= 0.3 is 0 Å². The first kappa shape index (κ1) is 20.4. The summed E-state index contributed by atoms with van der Waals surface area (Å²) in [6.45, 7) is 4.67. The molecule has 2 heterocycles. The monoisotopic (exact) mass is 414 g/mol. The Labute approximate surface area is 177 Å². The zero-order valence-electron chi connectivity index (χ0n) is 17.0. The standard InChI is InChI=1S/C23H30N2O3S/c1-27-22-7-3-2-6-21(22)25-12-10-24(11-13-25)16-19(26)17-28-20-8-9-23-18(15-20)5-4-14-29-23/h2-3,6-9,15,19,26H,4-5,10-14,16-17H2,1H3. The van der Waals surface area contributed by atoms with Crippen LogP contribution < -0.4 is 14.4 Å². The zero-order chi connectivity index (χ0) is 20.1. The largest absolute Gasteiger partial charge is 0.495 e. The molecule has 1 unspecified atom stereocenters. The molecule has 0 bridgehead atoms. The van der Waals surface area contributed by atoms with Gasteiger partial charge in [0.25, 0.3) is 0 Å². The molecule has 156 valence electrons. The van der Waals surface area contributed by atoms with E-state index in [2.05, 4.69) is 28.0 Å². The van der Waals surface area contributed by atoms with Gasteiger partial charge in [0.1, 0.15) is 24.2 Å². The molecule has 0 spiro atoms. The molecule has 1 fully saturated rings. The average Bonchev–Trinajstić information content (AvgIpc) is 2.78. The maximum Gasteiger partial charge on any atom is 0.142 e. The summed E-state index contributed by atoms with van der Waals surface area (Å²) in [5, 5.41) is 10.5. The van der Waals surface area contributed by atoms with E-state index in [9.17, 15) is 5.11 Å². The lowest BCUT2D eigenvalue weighted by Crippen LogP contribution is -2.49. The predicted octanol–water partition coefficient (Wildman–Crippen LogP) is 3.30. The molecule has 2 aliphatic heterocycles. The lowest BCUT2D eigenvalue weighted by molar-refractivity contribution is 0.0662. The summed E-state index contributed by atoms with van der Waals surface area (Å²) in [5.74, 6) is 2.99. The van der Waals surface area contributed by atoms with Crippen LogP contribution in [-0.4, -0.2) is 68.3 Å². The minimum Gasteiger partial charge on any atom is -0.495 e. The summed E-state index contributed by atoms with van der Waals surface area (Å²) in [7, 11) is 1.72. The number of methoxy groups -OCH3 is 1. The Hall–Kier alpha value is -1.89. The molecule has 2 aromatic carbocycles. The molecule has 29 heavy (non-hydrogen) atoms. The number of aliphatic hydroxyl groups excluding tert-OH is 1. The number of piperazine rings is 1. The van der Waals surface area contributed by atoms with Crippen molar-refractivity contribution in [3.63, 3.8) is 0 Å². The number of hydrogen-bond donors (Lipinski definition) is 1. The highest BCUT2D eigenvalue weighted by atomic mass is 32.2. The second kappa shape index (κ2) is 9.74. The maximum absolute atomic E-state index is 10.5. The molecule has 6 heteroatoms. The molecular formula is C23H30N2O3S. The van der Waals surface area contributed by atoms with Crippen LogP contribution >= 0.6 is 11.8 Å². The van der Waals surface area contributed by atoms with Crippen molar-refractivity contribution in [3.8, 4) is 11.5 Å². The fourth-order valence-corrected chi connectivity index (χ4v) is 5.05. The summed E-state index contributed by atoms with van der Waals surface area (Å²) in [6.07, 6.45) is 1.86. The van der Waals surface area contributed by atoms with E-state index in [1.165, 1.54) is 22.6 Å². The highest BCUT2D eigenvalue weighted by Gasteiger charge is 2.21. The van der Waals surface area contributed by atoms with Crippen molar-refractivity contribution in [2.75, 3.05) is 57.1 Å². The summed E-state index contributed by atoms with van der Waals surface area (Å²) in [5.41, 5.74) is 2.52. The van der Waals surface area contributed by atoms with E-state index in [1.807, 2.05) is 36.0 Å². The van der Waals surface area contributed by atoms with Gasteiger partial charge in [-0.25, -0.2) is 0 Å². The number of fused-ring (bicyclic) bond motifs is 1. The summed E-state index contributed by atoms with van der Waals surface area (Å²) in [6, 6.07) is 14.5. The number of aliphatic hydroxyl groups is 1. The van der Waals surface area contributed by atoms with Crippen molar-refractivity contribution in [1.82, 2.24) is 4.90 Å². The van der Waals surface area contributed by atoms with E-state index >= 15 is 0 Å². The number of nitrogens with zero attached hydrogens (tertiary/aromatic N) is 2. The second-order valence-electron chi connectivity index (χ2n) is 7.65. The quantitative estimate of drug-likeness (QED) is 0.750. The molecule has 0 saturated carbocycles. The first-order chi connectivity index (χ1) is 14.2. The van der Waals surface area contributed by atoms with Crippen LogP contribution in [0.15, 0.2) is 47.4 Å². The van der Waals surface area contributed by atoms with Crippen LogP contribution in [0.2, 0.25) is 0 Å². The van der Waals surface area contributed by atoms with Gasteiger partial charge in [-0.05, 0) is 54.5 Å². The Kier molecular flexibility index (Phi) is 6.85. The molecule has 0 radical (unpaired) electrons. The van der Waals surface area contributed by atoms with Crippen LogP contribution in [0.25, 0.3) is 0 Å². The molecule has 1 N–H and O–H groups in total. The molecule has 2 aliphatic rings. The summed E-state index contributed by atoms with van der Waals surface area (Å²) in [4.78, 5) is 6.03. The molecule has 2 aromatic rings. The second-order valence-corrected chi connectivity index (χ2v) is 8.78. The van der Waals surface area contributed by atoms with Crippen LogP contribution in [0.3, 0.4) is 0 Å². The number of rotatable bonds is 7. The van der Waals surface area contributed by atoms with Gasteiger partial charge in [0.2, 0.25) is 0 Å². The van der Waals surface area contributed by atoms with Gasteiger partial charge in [-0.1, -0.05) is 12.1 Å². The Morgan fingerprint density at radius 1 is 1.10 bits per heavy atom. The number of para-hydroxylation sites is 2. The third-order valence-corrected chi connectivity index (χ3v) is 6.79. The van der Waals surface area contributed by atoms with Gasteiger partial charge in [0.05, 0.1) is 12.8 Å². The number of β-amino-alcohol motifs (C(OH)–C–C–N with tert-alkyl or cyclic N) is 1. The molecule has 1 saturated heterocycles. The molecule has 0 amide bonds. The first-order valence-electron chi connectivity index (χ1n) is 10.4. The highest BCUT2D eigenvalue weighted by molar-refractivity contribution is 7.99. The molecule has 1 atom stereocenters. The van der Waals surface area contributed by atoms with E-state index < -0.39 is 6.10 Å². The van der Waals surface area contributed by atoms with Crippen molar-refractivity contribution < 1.29 is 14.6 Å². The number of anilines is 1. The number of thioether (sulfide) groups is 1. The maximum atomic E-state index is 10.5. The Morgan fingerprint density at radius 2 is 1.93 bits per heavy atom. The fourth-order valence-electron chi connectivity index (χ4n) is 4.03. The van der Waals surface area contributed by atoms with E-state index in [4.69, 9.17) is 9.47 Å². The molecule has 5 nitrogen and oxygen atoms in total. The van der Waals surface area contributed by atoms with Gasteiger partial charge in [-0.2, -0.15) is 0 Å². The predicted molar refractivity (Wildman–Crippen MR) is 119 cm³/mol. The fraction of sp³-hybridized carbons (Fsp3) is 0.478. The summed E-state index contributed by atoms with van der Waals surface area (Å²) >= 11 is 1.92. The van der Waals surface area contributed by atoms with Gasteiger partial charge in [0.15, 0.2) is 0 Å². The highest BCUT2D eigenvalue weighted by Crippen LogP contribution is 2.32. The Morgan fingerprint density at radius 3 is 2.76 bits per heavy atom. The van der Waals surface area contributed by atoms with Crippen molar-refractivity contribution in [2.24, 2.45) is 0 Å².